The van der Waals surface area contributed by atoms with Gasteiger partial charge in [-0.2, -0.15) is 0 Å². The summed E-state index contributed by atoms with van der Waals surface area (Å²) in [6.07, 6.45) is 5.93. The molecule has 0 spiro atoms. The zero-order chi connectivity index (χ0) is 15.7. The number of aliphatic carboxylic acids is 1. The molecule has 7 heteroatoms. The minimum absolute atomic E-state index is 0.153. The van der Waals surface area contributed by atoms with E-state index in [4.69, 9.17) is 5.11 Å². The number of urea groups is 1. The largest absolute Gasteiger partial charge is 0.481 e. The second kappa shape index (κ2) is 8.99. The van der Waals surface area contributed by atoms with Gasteiger partial charge in [-0.1, -0.05) is 13.3 Å². The highest BCUT2D eigenvalue weighted by molar-refractivity contribution is 5.73. The molecule has 3 N–H and O–H groups in total. The Morgan fingerprint density at radius 1 is 1.48 bits per heavy atom. The van der Waals surface area contributed by atoms with Gasteiger partial charge in [0.25, 0.3) is 0 Å². The molecule has 0 aliphatic heterocycles. The first-order valence-electron chi connectivity index (χ1n) is 7.22. The van der Waals surface area contributed by atoms with E-state index >= 15 is 0 Å². The van der Waals surface area contributed by atoms with Crippen LogP contribution in [0.3, 0.4) is 0 Å². The van der Waals surface area contributed by atoms with Gasteiger partial charge in [0.2, 0.25) is 0 Å². The van der Waals surface area contributed by atoms with Crippen LogP contribution < -0.4 is 5.32 Å². The van der Waals surface area contributed by atoms with Crippen LogP contribution in [0.2, 0.25) is 0 Å². The number of carboxylic acids is 1. The van der Waals surface area contributed by atoms with E-state index in [1.165, 1.54) is 0 Å². The van der Waals surface area contributed by atoms with Gasteiger partial charge < -0.3 is 20.3 Å². The standard InChI is InChI=1S/C14H24N4O3/c1-3-11(4-5-13(19)20)6-7-17-14(21)18(2)10-12-15-8-9-16-12/h8-9,11H,3-7,10H2,1-2H3,(H,15,16)(H,17,21)(H,19,20). The van der Waals surface area contributed by atoms with E-state index in [2.05, 4.69) is 15.3 Å². The monoisotopic (exact) mass is 296 g/mol. The maximum Gasteiger partial charge on any atom is 0.317 e. The molecular formula is C14H24N4O3. The number of hydrogen-bond donors (Lipinski definition) is 3. The van der Waals surface area contributed by atoms with Crippen molar-refractivity contribution in [2.75, 3.05) is 13.6 Å². The SMILES string of the molecule is CCC(CCNC(=O)N(C)Cc1ncc[nH]1)CCC(=O)O. The van der Waals surface area contributed by atoms with E-state index in [1.807, 2.05) is 6.92 Å². The number of carbonyl (C=O) groups is 2. The number of rotatable bonds is 9. The molecule has 0 radical (unpaired) electrons. The van der Waals surface area contributed by atoms with Gasteiger partial charge in [0.05, 0.1) is 6.54 Å². The smallest absolute Gasteiger partial charge is 0.317 e. The fraction of sp³-hybridized carbons (Fsp3) is 0.643. The Labute approximate surface area is 124 Å². The number of H-pyrrole nitrogens is 1. The van der Waals surface area contributed by atoms with Gasteiger partial charge in [0, 0.05) is 32.4 Å². The van der Waals surface area contributed by atoms with Gasteiger partial charge in [-0.05, 0) is 18.8 Å². The fourth-order valence-corrected chi connectivity index (χ4v) is 2.08. The van der Waals surface area contributed by atoms with Crippen molar-refractivity contribution in [3.8, 4) is 0 Å². The van der Waals surface area contributed by atoms with Crippen molar-refractivity contribution in [2.24, 2.45) is 5.92 Å². The average Bonchev–Trinajstić information content (AvgIpc) is 2.94. The highest BCUT2D eigenvalue weighted by atomic mass is 16.4. The van der Waals surface area contributed by atoms with Gasteiger partial charge in [0.1, 0.15) is 5.82 Å². The van der Waals surface area contributed by atoms with Crippen LogP contribution in [0.5, 0.6) is 0 Å². The van der Waals surface area contributed by atoms with E-state index in [0.29, 0.717) is 25.4 Å². The summed E-state index contributed by atoms with van der Waals surface area (Å²) in [5.41, 5.74) is 0. The molecule has 0 fully saturated rings. The number of amides is 2. The van der Waals surface area contributed by atoms with Crippen LogP contribution in [0.15, 0.2) is 12.4 Å². The molecule has 0 aliphatic carbocycles. The topological polar surface area (TPSA) is 98.3 Å². The quantitative estimate of drug-likeness (QED) is 0.647. The van der Waals surface area contributed by atoms with Gasteiger partial charge >= 0.3 is 12.0 Å². The molecule has 0 aliphatic rings. The summed E-state index contributed by atoms with van der Waals surface area (Å²) in [6, 6.07) is -0.153. The third-order valence-electron chi connectivity index (χ3n) is 3.46. The van der Waals surface area contributed by atoms with Crippen LogP contribution >= 0.6 is 0 Å². The Morgan fingerprint density at radius 3 is 2.81 bits per heavy atom. The molecule has 1 aromatic heterocycles. The molecule has 0 saturated carbocycles. The van der Waals surface area contributed by atoms with Crippen molar-refractivity contribution < 1.29 is 14.7 Å². The minimum Gasteiger partial charge on any atom is -0.481 e. The van der Waals surface area contributed by atoms with Crippen LogP contribution in [0, 0.1) is 5.92 Å². The molecule has 2 amide bonds. The van der Waals surface area contributed by atoms with Crippen LogP contribution in [0.4, 0.5) is 4.79 Å². The second-order valence-corrected chi connectivity index (χ2v) is 5.12. The lowest BCUT2D eigenvalue weighted by Crippen LogP contribution is -2.38. The van der Waals surface area contributed by atoms with Gasteiger partial charge in [-0.25, -0.2) is 9.78 Å². The summed E-state index contributed by atoms with van der Waals surface area (Å²) in [7, 11) is 1.71. The highest BCUT2D eigenvalue weighted by Gasteiger charge is 2.12. The van der Waals surface area contributed by atoms with Gasteiger partial charge in [-0.3, -0.25) is 4.79 Å². The molecule has 1 aromatic rings. The number of carbonyl (C=O) groups excluding carboxylic acids is 1. The van der Waals surface area contributed by atoms with E-state index in [9.17, 15) is 9.59 Å². The third-order valence-corrected chi connectivity index (χ3v) is 3.46. The molecule has 1 atom stereocenters. The highest BCUT2D eigenvalue weighted by Crippen LogP contribution is 2.14. The Bertz CT molecular complexity index is 433. The van der Waals surface area contributed by atoms with Crippen LogP contribution in [0.25, 0.3) is 0 Å². The lowest BCUT2D eigenvalue weighted by molar-refractivity contribution is -0.137. The van der Waals surface area contributed by atoms with E-state index in [0.717, 1.165) is 18.7 Å². The van der Waals surface area contributed by atoms with Crippen LogP contribution in [-0.2, 0) is 11.3 Å². The Balaban J connectivity index is 2.23. The van der Waals surface area contributed by atoms with Crippen molar-refractivity contribution >= 4 is 12.0 Å². The number of carboxylic acid groups (broad SMARTS) is 1. The van der Waals surface area contributed by atoms with Crippen molar-refractivity contribution in [1.29, 1.82) is 0 Å². The Morgan fingerprint density at radius 2 is 2.24 bits per heavy atom. The summed E-state index contributed by atoms with van der Waals surface area (Å²) in [4.78, 5) is 31.0. The second-order valence-electron chi connectivity index (χ2n) is 5.12. The molecule has 0 bridgehead atoms. The number of nitrogens with zero attached hydrogens (tertiary/aromatic N) is 2. The summed E-state index contributed by atoms with van der Waals surface area (Å²) in [5.74, 6) is 0.299. The van der Waals surface area contributed by atoms with Crippen LogP contribution in [-0.4, -0.2) is 45.6 Å². The zero-order valence-corrected chi connectivity index (χ0v) is 12.6. The number of hydrogen-bond acceptors (Lipinski definition) is 3. The van der Waals surface area contributed by atoms with Crippen molar-refractivity contribution in [3.63, 3.8) is 0 Å². The molecule has 0 aromatic carbocycles. The maximum absolute atomic E-state index is 11.9. The van der Waals surface area contributed by atoms with Gasteiger partial charge in [0.15, 0.2) is 0 Å². The number of aromatic nitrogens is 2. The van der Waals surface area contributed by atoms with Crippen molar-refractivity contribution in [3.05, 3.63) is 18.2 Å². The molecular weight excluding hydrogens is 272 g/mol. The minimum atomic E-state index is -0.768. The Hall–Kier alpha value is -2.05. The number of nitrogens with one attached hydrogen (secondary N) is 2. The predicted octanol–water partition coefficient (Wildman–Crippen LogP) is 1.83. The first-order chi connectivity index (χ1) is 10.0. The average molecular weight is 296 g/mol. The summed E-state index contributed by atoms with van der Waals surface area (Å²) < 4.78 is 0. The summed E-state index contributed by atoms with van der Waals surface area (Å²) in [6.45, 7) is 3.02. The Kier molecular flexibility index (Phi) is 7.28. The lowest BCUT2D eigenvalue weighted by Gasteiger charge is -2.18. The number of imidazole rings is 1. The normalized spacial score (nSPS) is 11.9. The summed E-state index contributed by atoms with van der Waals surface area (Å²) >= 11 is 0. The van der Waals surface area contributed by atoms with Crippen LogP contribution in [0.1, 0.15) is 38.4 Å². The predicted molar refractivity (Wildman–Crippen MR) is 78.7 cm³/mol. The first kappa shape index (κ1) is 17.0. The fourth-order valence-electron chi connectivity index (χ4n) is 2.08. The maximum atomic E-state index is 11.9. The first-order valence-corrected chi connectivity index (χ1v) is 7.22. The molecule has 1 heterocycles. The van der Waals surface area contributed by atoms with E-state index < -0.39 is 5.97 Å². The molecule has 7 nitrogen and oxygen atoms in total. The molecule has 118 valence electrons. The molecule has 1 rings (SSSR count). The van der Waals surface area contributed by atoms with Gasteiger partial charge in [-0.15, -0.1) is 0 Å². The van der Waals surface area contributed by atoms with Crippen molar-refractivity contribution in [2.45, 2.75) is 39.2 Å². The lowest BCUT2D eigenvalue weighted by atomic mass is 9.97. The molecule has 1 unspecified atom stereocenters. The third kappa shape index (κ3) is 6.78. The molecule has 0 saturated heterocycles. The van der Waals surface area contributed by atoms with E-state index in [1.54, 1.807) is 24.3 Å². The summed E-state index contributed by atoms with van der Waals surface area (Å²) in [5, 5.41) is 11.5. The van der Waals surface area contributed by atoms with Crippen molar-refractivity contribution in [1.82, 2.24) is 20.2 Å². The number of aromatic amines is 1. The zero-order valence-electron chi connectivity index (χ0n) is 12.6. The van der Waals surface area contributed by atoms with E-state index in [-0.39, 0.29) is 12.5 Å². The molecule has 21 heavy (non-hydrogen) atoms.